The van der Waals surface area contributed by atoms with E-state index in [4.69, 9.17) is 0 Å². The zero-order valence-electron chi connectivity index (χ0n) is 12.7. The molecule has 2 aliphatic heterocycles. The standard InChI is InChI=1S/C16H32N2/c1-14(2)18-12-7-15(8-13-18)6-10-16(3)9-4-5-11-17-16/h14-15,17H,4-13H2,1-3H3. The summed E-state index contributed by atoms with van der Waals surface area (Å²) in [6.07, 6.45) is 9.87. The maximum atomic E-state index is 3.75. The first-order valence-electron chi connectivity index (χ1n) is 8.08. The molecule has 0 amide bonds. The molecule has 0 bridgehead atoms. The highest BCUT2D eigenvalue weighted by Crippen LogP contribution is 2.29. The number of piperidine rings is 2. The number of nitrogens with one attached hydrogen (secondary N) is 1. The van der Waals surface area contributed by atoms with Crippen LogP contribution in [-0.4, -0.2) is 36.1 Å². The van der Waals surface area contributed by atoms with Gasteiger partial charge in [-0.05, 0) is 84.8 Å². The van der Waals surface area contributed by atoms with Crippen LogP contribution in [-0.2, 0) is 0 Å². The highest BCUT2D eigenvalue weighted by Gasteiger charge is 2.28. The molecule has 0 spiro atoms. The van der Waals surface area contributed by atoms with Gasteiger partial charge in [-0.2, -0.15) is 0 Å². The summed E-state index contributed by atoms with van der Waals surface area (Å²) in [4.78, 5) is 2.64. The van der Waals surface area contributed by atoms with Crippen molar-refractivity contribution < 1.29 is 0 Å². The fourth-order valence-corrected chi connectivity index (χ4v) is 3.61. The van der Waals surface area contributed by atoms with E-state index in [1.165, 1.54) is 64.6 Å². The van der Waals surface area contributed by atoms with E-state index >= 15 is 0 Å². The highest BCUT2D eigenvalue weighted by atomic mass is 15.1. The van der Waals surface area contributed by atoms with E-state index in [9.17, 15) is 0 Å². The van der Waals surface area contributed by atoms with Crippen LogP contribution in [0.2, 0.25) is 0 Å². The Morgan fingerprint density at radius 2 is 1.94 bits per heavy atom. The van der Waals surface area contributed by atoms with Gasteiger partial charge in [-0.3, -0.25) is 0 Å². The first-order valence-corrected chi connectivity index (χ1v) is 8.08. The van der Waals surface area contributed by atoms with E-state index in [0.29, 0.717) is 5.54 Å². The minimum atomic E-state index is 0.452. The number of nitrogens with zero attached hydrogens (tertiary/aromatic N) is 1. The molecule has 0 aromatic heterocycles. The predicted octanol–water partition coefficient (Wildman–Crippen LogP) is 3.42. The molecule has 1 atom stereocenters. The van der Waals surface area contributed by atoms with Gasteiger partial charge in [0.15, 0.2) is 0 Å². The van der Waals surface area contributed by atoms with Gasteiger partial charge < -0.3 is 10.2 Å². The second kappa shape index (κ2) is 6.38. The first kappa shape index (κ1) is 14.3. The van der Waals surface area contributed by atoms with Gasteiger partial charge in [-0.25, -0.2) is 0 Å². The summed E-state index contributed by atoms with van der Waals surface area (Å²) >= 11 is 0. The largest absolute Gasteiger partial charge is 0.312 e. The van der Waals surface area contributed by atoms with E-state index in [-0.39, 0.29) is 0 Å². The summed E-state index contributed by atoms with van der Waals surface area (Å²) < 4.78 is 0. The van der Waals surface area contributed by atoms with Crippen LogP contribution in [0.15, 0.2) is 0 Å². The van der Waals surface area contributed by atoms with Crippen LogP contribution in [0, 0.1) is 5.92 Å². The van der Waals surface area contributed by atoms with E-state index < -0.39 is 0 Å². The Morgan fingerprint density at radius 3 is 2.50 bits per heavy atom. The lowest BCUT2D eigenvalue weighted by Crippen LogP contribution is -2.46. The van der Waals surface area contributed by atoms with Crippen molar-refractivity contribution in [3.05, 3.63) is 0 Å². The molecule has 0 saturated carbocycles. The summed E-state index contributed by atoms with van der Waals surface area (Å²) in [6.45, 7) is 11.0. The number of rotatable bonds is 4. The molecule has 106 valence electrons. The fourth-order valence-electron chi connectivity index (χ4n) is 3.61. The van der Waals surface area contributed by atoms with Crippen molar-refractivity contribution >= 4 is 0 Å². The number of likely N-dealkylation sites (tertiary alicyclic amines) is 1. The van der Waals surface area contributed by atoms with Gasteiger partial charge in [0.2, 0.25) is 0 Å². The minimum Gasteiger partial charge on any atom is -0.312 e. The lowest BCUT2D eigenvalue weighted by molar-refractivity contribution is 0.135. The van der Waals surface area contributed by atoms with Crippen molar-refractivity contribution in [3.8, 4) is 0 Å². The third kappa shape index (κ3) is 3.96. The molecule has 2 aliphatic rings. The molecule has 0 aromatic rings. The van der Waals surface area contributed by atoms with Crippen LogP contribution in [0.4, 0.5) is 0 Å². The van der Waals surface area contributed by atoms with Crippen molar-refractivity contribution in [3.63, 3.8) is 0 Å². The molecule has 1 N–H and O–H groups in total. The molecule has 1 unspecified atom stereocenters. The zero-order valence-corrected chi connectivity index (χ0v) is 12.7. The van der Waals surface area contributed by atoms with Crippen molar-refractivity contribution in [1.82, 2.24) is 10.2 Å². The van der Waals surface area contributed by atoms with Crippen LogP contribution in [0.1, 0.15) is 65.7 Å². The lowest BCUT2D eigenvalue weighted by atomic mass is 9.82. The lowest BCUT2D eigenvalue weighted by Gasteiger charge is -2.38. The van der Waals surface area contributed by atoms with Crippen LogP contribution in [0.5, 0.6) is 0 Å². The molecular weight excluding hydrogens is 220 g/mol. The summed E-state index contributed by atoms with van der Waals surface area (Å²) in [5, 5.41) is 3.75. The summed E-state index contributed by atoms with van der Waals surface area (Å²) in [6, 6.07) is 0.739. The molecule has 2 nitrogen and oxygen atoms in total. The third-order valence-corrected chi connectivity index (χ3v) is 5.19. The Labute approximate surface area is 114 Å². The Morgan fingerprint density at radius 1 is 1.22 bits per heavy atom. The number of hydrogen-bond donors (Lipinski definition) is 1. The Hall–Kier alpha value is -0.0800. The van der Waals surface area contributed by atoms with Gasteiger partial charge >= 0.3 is 0 Å². The van der Waals surface area contributed by atoms with Gasteiger partial charge in [-0.15, -0.1) is 0 Å². The van der Waals surface area contributed by atoms with Gasteiger partial charge in [0.25, 0.3) is 0 Å². The highest BCUT2D eigenvalue weighted by molar-refractivity contribution is 4.87. The fraction of sp³-hybridized carbons (Fsp3) is 1.00. The SMILES string of the molecule is CC(C)N1CCC(CCC2(C)CCCCN2)CC1. The maximum Gasteiger partial charge on any atom is 0.0153 e. The molecular formula is C16H32N2. The van der Waals surface area contributed by atoms with E-state index in [0.717, 1.165) is 12.0 Å². The third-order valence-electron chi connectivity index (χ3n) is 5.19. The topological polar surface area (TPSA) is 15.3 Å². The van der Waals surface area contributed by atoms with Gasteiger partial charge in [0, 0.05) is 11.6 Å². The average molecular weight is 252 g/mol. The molecule has 18 heavy (non-hydrogen) atoms. The molecule has 2 heteroatoms. The van der Waals surface area contributed by atoms with E-state index in [1.807, 2.05) is 0 Å². The van der Waals surface area contributed by atoms with Crippen molar-refractivity contribution in [2.24, 2.45) is 5.92 Å². The first-order chi connectivity index (χ1) is 8.59. The van der Waals surface area contributed by atoms with Gasteiger partial charge in [-0.1, -0.05) is 6.42 Å². The van der Waals surface area contributed by atoms with Crippen LogP contribution < -0.4 is 5.32 Å². The molecule has 2 heterocycles. The van der Waals surface area contributed by atoms with Crippen LogP contribution in [0.25, 0.3) is 0 Å². The summed E-state index contributed by atoms with van der Waals surface area (Å²) in [7, 11) is 0. The number of hydrogen-bond acceptors (Lipinski definition) is 2. The second-order valence-electron chi connectivity index (χ2n) is 7.06. The molecule has 0 radical (unpaired) electrons. The predicted molar refractivity (Wildman–Crippen MR) is 78.9 cm³/mol. The summed E-state index contributed by atoms with van der Waals surface area (Å²) in [5.74, 6) is 0.987. The van der Waals surface area contributed by atoms with Crippen molar-refractivity contribution in [2.75, 3.05) is 19.6 Å². The Kier molecular flexibility index (Phi) is 5.08. The van der Waals surface area contributed by atoms with Crippen LogP contribution >= 0.6 is 0 Å². The average Bonchev–Trinajstić information content (AvgIpc) is 2.38. The quantitative estimate of drug-likeness (QED) is 0.825. The molecule has 2 fully saturated rings. The summed E-state index contributed by atoms with van der Waals surface area (Å²) in [5.41, 5.74) is 0.452. The van der Waals surface area contributed by atoms with E-state index in [2.05, 4.69) is 31.0 Å². The van der Waals surface area contributed by atoms with Gasteiger partial charge in [0.1, 0.15) is 0 Å². The minimum absolute atomic E-state index is 0.452. The normalized spacial score (nSPS) is 32.0. The monoisotopic (exact) mass is 252 g/mol. The Balaban J connectivity index is 1.68. The molecule has 0 aliphatic carbocycles. The maximum absolute atomic E-state index is 3.75. The van der Waals surface area contributed by atoms with E-state index in [1.54, 1.807) is 0 Å². The van der Waals surface area contributed by atoms with Crippen LogP contribution in [0.3, 0.4) is 0 Å². The second-order valence-corrected chi connectivity index (χ2v) is 7.06. The van der Waals surface area contributed by atoms with Crippen molar-refractivity contribution in [2.45, 2.75) is 77.3 Å². The zero-order chi connectivity index (χ0) is 13.0. The molecule has 0 aromatic carbocycles. The molecule has 2 saturated heterocycles. The Bertz CT molecular complexity index is 235. The smallest absolute Gasteiger partial charge is 0.0153 e. The molecule has 2 rings (SSSR count). The van der Waals surface area contributed by atoms with Gasteiger partial charge in [0.05, 0.1) is 0 Å². The van der Waals surface area contributed by atoms with Crippen molar-refractivity contribution in [1.29, 1.82) is 0 Å².